The van der Waals surface area contributed by atoms with Gasteiger partial charge in [0.05, 0.1) is 29.2 Å². The summed E-state index contributed by atoms with van der Waals surface area (Å²) in [6.07, 6.45) is 1.34. The van der Waals surface area contributed by atoms with Crippen LogP contribution in [0, 0.1) is 21.4 Å². The number of nitro groups is 1. The Morgan fingerprint density at radius 3 is 2.39 bits per heavy atom. The summed E-state index contributed by atoms with van der Waals surface area (Å²) in [5, 5.41) is 23.1. The number of hydrogen-bond acceptors (Lipinski definition) is 8. The van der Waals surface area contributed by atoms with Gasteiger partial charge in [-0.05, 0) is 72.7 Å². The number of methoxy groups -OCH3 is 1. The second-order valence-corrected chi connectivity index (χ2v) is 8.08. The summed E-state index contributed by atoms with van der Waals surface area (Å²) in [5.41, 5.74) is 1.58. The van der Waals surface area contributed by atoms with Crippen molar-refractivity contribution in [2.24, 2.45) is 0 Å². The van der Waals surface area contributed by atoms with Gasteiger partial charge in [-0.1, -0.05) is 11.6 Å². The molecule has 0 aliphatic carbocycles. The van der Waals surface area contributed by atoms with Crippen LogP contribution in [0.5, 0.6) is 11.5 Å². The molecule has 0 aliphatic rings. The molecule has 3 aromatic rings. The fourth-order valence-electron chi connectivity index (χ4n) is 3.25. The van der Waals surface area contributed by atoms with Gasteiger partial charge in [-0.3, -0.25) is 14.9 Å². The highest BCUT2D eigenvalue weighted by atomic mass is 35.5. The van der Waals surface area contributed by atoms with E-state index in [-0.39, 0.29) is 41.0 Å². The number of esters is 1. The van der Waals surface area contributed by atoms with Crippen molar-refractivity contribution in [3.05, 3.63) is 98.1 Å². The van der Waals surface area contributed by atoms with Crippen molar-refractivity contribution in [3.63, 3.8) is 0 Å². The van der Waals surface area contributed by atoms with Gasteiger partial charge in [-0.15, -0.1) is 0 Å². The second-order valence-electron chi connectivity index (χ2n) is 7.67. The molecule has 0 fully saturated rings. The molecule has 0 saturated heterocycles. The zero-order valence-electron chi connectivity index (χ0n) is 20.4. The molecule has 194 valence electrons. The Hall–Kier alpha value is -4.88. The fraction of sp³-hybridized carbons (Fsp3) is 0.148. The molecule has 0 heterocycles. The van der Waals surface area contributed by atoms with Crippen LogP contribution < -0.4 is 14.8 Å². The third kappa shape index (κ3) is 7.09. The first-order chi connectivity index (χ1) is 18.2. The smallest absolute Gasteiger partial charge is 0.338 e. The molecule has 0 atom stereocenters. The van der Waals surface area contributed by atoms with Gasteiger partial charge in [-0.25, -0.2) is 4.79 Å². The molecule has 0 aliphatic heterocycles. The Kier molecular flexibility index (Phi) is 9.40. The van der Waals surface area contributed by atoms with Crippen LogP contribution in [0.4, 0.5) is 11.4 Å². The Bertz CT molecular complexity index is 1410. The van der Waals surface area contributed by atoms with E-state index in [1.807, 2.05) is 6.07 Å². The van der Waals surface area contributed by atoms with Crippen LogP contribution in [-0.4, -0.2) is 30.5 Å². The van der Waals surface area contributed by atoms with E-state index in [1.54, 1.807) is 25.1 Å². The highest BCUT2D eigenvalue weighted by molar-refractivity contribution is 6.32. The number of hydrogen-bond donors (Lipinski definition) is 1. The largest absolute Gasteiger partial charge is 0.493 e. The minimum Gasteiger partial charge on any atom is -0.493 e. The number of nitro benzene ring substituents is 1. The molecule has 1 amide bonds. The van der Waals surface area contributed by atoms with Gasteiger partial charge in [0.2, 0.25) is 0 Å². The first-order valence-electron chi connectivity index (χ1n) is 11.2. The van der Waals surface area contributed by atoms with Crippen LogP contribution in [0.15, 0.2) is 66.2 Å². The first kappa shape index (κ1) is 27.7. The number of nitriles is 1. The van der Waals surface area contributed by atoms with Crippen LogP contribution in [0.3, 0.4) is 0 Å². The Morgan fingerprint density at radius 2 is 1.82 bits per heavy atom. The predicted octanol–water partition coefficient (Wildman–Crippen LogP) is 5.56. The first-order valence-corrected chi connectivity index (χ1v) is 11.6. The summed E-state index contributed by atoms with van der Waals surface area (Å²) in [7, 11) is 1.41. The van der Waals surface area contributed by atoms with Crippen LogP contribution in [0.25, 0.3) is 6.08 Å². The molecule has 0 saturated carbocycles. The number of carbonyl (C=O) groups excluding carboxylic acids is 2. The van der Waals surface area contributed by atoms with E-state index in [9.17, 15) is 25.0 Å². The number of benzene rings is 3. The van der Waals surface area contributed by atoms with Gasteiger partial charge in [0.25, 0.3) is 11.6 Å². The molecule has 10 nitrogen and oxygen atoms in total. The summed E-state index contributed by atoms with van der Waals surface area (Å²) in [6, 6.07) is 16.8. The molecule has 1 N–H and O–H groups in total. The van der Waals surface area contributed by atoms with E-state index in [1.165, 1.54) is 55.7 Å². The predicted molar refractivity (Wildman–Crippen MR) is 140 cm³/mol. The van der Waals surface area contributed by atoms with Gasteiger partial charge in [0, 0.05) is 17.8 Å². The highest BCUT2D eigenvalue weighted by Gasteiger charge is 2.15. The molecule has 0 radical (unpaired) electrons. The van der Waals surface area contributed by atoms with Gasteiger partial charge >= 0.3 is 5.97 Å². The van der Waals surface area contributed by atoms with Crippen molar-refractivity contribution in [3.8, 4) is 17.6 Å². The molecule has 0 unspecified atom stereocenters. The minimum atomic E-state index is -0.662. The Morgan fingerprint density at radius 1 is 1.13 bits per heavy atom. The third-order valence-electron chi connectivity index (χ3n) is 5.11. The molecule has 0 aromatic heterocycles. The average Bonchev–Trinajstić information content (AvgIpc) is 2.91. The monoisotopic (exact) mass is 535 g/mol. The number of nitrogens with one attached hydrogen (secondary N) is 1. The third-order valence-corrected chi connectivity index (χ3v) is 5.39. The van der Waals surface area contributed by atoms with Gasteiger partial charge in [-0.2, -0.15) is 5.26 Å². The van der Waals surface area contributed by atoms with Gasteiger partial charge < -0.3 is 19.5 Å². The highest BCUT2D eigenvalue weighted by Crippen LogP contribution is 2.37. The normalized spacial score (nSPS) is 10.7. The van der Waals surface area contributed by atoms with Gasteiger partial charge in [0.15, 0.2) is 11.5 Å². The zero-order valence-corrected chi connectivity index (χ0v) is 21.2. The number of non-ortho nitro benzene ring substituents is 1. The van der Waals surface area contributed by atoms with E-state index in [4.69, 9.17) is 25.8 Å². The van der Waals surface area contributed by atoms with E-state index >= 15 is 0 Å². The van der Waals surface area contributed by atoms with E-state index in [0.717, 1.165) is 0 Å². The van der Waals surface area contributed by atoms with Crippen LogP contribution >= 0.6 is 11.6 Å². The number of anilines is 1. The van der Waals surface area contributed by atoms with Gasteiger partial charge in [0.1, 0.15) is 18.2 Å². The average molecular weight is 536 g/mol. The van der Waals surface area contributed by atoms with Crippen molar-refractivity contribution < 1.29 is 28.7 Å². The molecule has 3 rings (SSSR count). The maximum absolute atomic E-state index is 12.7. The molecular weight excluding hydrogens is 514 g/mol. The number of carbonyl (C=O) groups is 2. The van der Waals surface area contributed by atoms with Crippen LogP contribution in [0.2, 0.25) is 5.02 Å². The molecule has 0 bridgehead atoms. The fourth-order valence-corrected chi connectivity index (χ4v) is 3.52. The number of rotatable bonds is 10. The summed E-state index contributed by atoms with van der Waals surface area (Å²) in [5.74, 6) is -0.647. The van der Waals surface area contributed by atoms with E-state index in [0.29, 0.717) is 22.4 Å². The number of nitrogens with zero attached hydrogens (tertiary/aromatic N) is 2. The quantitative estimate of drug-likeness (QED) is 0.117. The summed E-state index contributed by atoms with van der Waals surface area (Å²) in [6.45, 7) is 2.02. The van der Waals surface area contributed by atoms with Crippen molar-refractivity contribution in [2.45, 2.75) is 13.5 Å². The van der Waals surface area contributed by atoms with Crippen molar-refractivity contribution in [2.75, 3.05) is 19.0 Å². The number of amides is 1. The lowest BCUT2D eigenvalue weighted by atomic mass is 10.1. The van der Waals surface area contributed by atoms with Crippen LogP contribution in [0.1, 0.15) is 28.4 Å². The van der Waals surface area contributed by atoms with Crippen molar-refractivity contribution >= 4 is 40.9 Å². The SMILES string of the molecule is CCOC(=O)c1ccc(NC(=O)/C(C#N)=C/c2cc(Cl)c(OCc3ccc([N+](=O)[O-])cc3)c(OC)c2)cc1. The summed E-state index contributed by atoms with van der Waals surface area (Å²) in [4.78, 5) is 34.8. The lowest BCUT2D eigenvalue weighted by Gasteiger charge is -2.13. The molecule has 0 spiro atoms. The lowest BCUT2D eigenvalue weighted by Crippen LogP contribution is -2.13. The molecular formula is C27H22ClN3O7. The summed E-state index contributed by atoms with van der Waals surface area (Å²) < 4.78 is 16.1. The maximum atomic E-state index is 12.7. The number of halogens is 1. The van der Waals surface area contributed by atoms with Crippen molar-refractivity contribution in [1.29, 1.82) is 5.26 Å². The van der Waals surface area contributed by atoms with E-state index in [2.05, 4.69) is 5.32 Å². The summed E-state index contributed by atoms with van der Waals surface area (Å²) >= 11 is 6.40. The molecule has 38 heavy (non-hydrogen) atoms. The lowest BCUT2D eigenvalue weighted by molar-refractivity contribution is -0.384. The van der Waals surface area contributed by atoms with Crippen molar-refractivity contribution in [1.82, 2.24) is 0 Å². The molecule has 11 heteroatoms. The minimum absolute atomic E-state index is 0.0356. The molecule has 3 aromatic carbocycles. The Balaban J connectivity index is 1.74. The Labute approximate surface area is 223 Å². The maximum Gasteiger partial charge on any atom is 0.338 e. The standard InChI is InChI=1S/C27H22ClN3O7/c1-3-37-27(33)19-6-8-21(9-7-19)30-26(32)20(15-29)12-18-13-23(28)25(24(14-18)36-2)38-16-17-4-10-22(11-5-17)31(34)35/h4-14H,3,16H2,1-2H3,(H,30,32)/b20-12+. The zero-order chi connectivity index (χ0) is 27.7. The second kappa shape index (κ2) is 12.9. The number of ether oxygens (including phenoxy) is 3. The van der Waals surface area contributed by atoms with E-state index < -0.39 is 16.8 Å². The van der Waals surface area contributed by atoms with Crippen LogP contribution in [-0.2, 0) is 16.1 Å². The topological polar surface area (TPSA) is 141 Å².